The number of hydrogen-bond donors (Lipinski definition) is 0. The molecule has 0 radical (unpaired) electrons. The molecule has 0 atom stereocenters. The second-order valence-corrected chi connectivity index (χ2v) is 4.94. The van der Waals surface area contributed by atoms with Gasteiger partial charge in [-0.2, -0.15) is 11.8 Å². The second-order valence-electron chi connectivity index (χ2n) is 4.03. The largest absolute Gasteiger partial charge is 0.301 e. The first kappa shape index (κ1) is 10.4. The van der Waals surface area contributed by atoms with Crippen LogP contribution in [0.25, 0.3) is 0 Å². The summed E-state index contributed by atoms with van der Waals surface area (Å²) in [4.78, 5) is 2.59. The van der Waals surface area contributed by atoms with Gasteiger partial charge in [0.1, 0.15) is 0 Å². The van der Waals surface area contributed by atoms with Crippen molar-refractivity contribution in [3.63, 3.8) is 0 Å². The smallest absolute Gasteiger partial charge is 0.00385 e. The molecule has 0 spiro atoms. The average Bonchev–Trinajstić information content (AvgIpc) is 2.06. The van der Waals surface area contributed by atoms with E-state index in [-0.39, 0.29) is 0 Å². The van der Waals surface area contributed by atoms with Crippen LogP contribution in [0, 0.1) is 5.92 Å². The minimum absolute atomic E-state index is 0.750. The van der Waals surface area contributed by atoms with Gasteiger partial charge in [0.25, 0.3) is 0 Å². The van der Waals surface area contributed by atoms with Crippen molar-refractivity contribution in [2.24, 2.45) is 5.92 Å². The van der Waals surface area contributed by atoms with Crippen LogP contribution in [0.2, 0.25) is 0 Å². The molecule has 1 heterocycles. The lowest BCUT2D eigenvalue weighted by atomic mass is 9.98. The number of rotatable bonds is 3. The Hall–Kier alpha value is 0.310. The van der Waals surface area contributed by atoms with Crippen molar-refractivity contribution in [1.82, 2.24) is 4.90 Å². The van der Waals surface area contributed by atoms with Gasteiger partial charge < -0.3 is 4.90 Å². The molecule has 0 aliphatic carbocycles. The fraction of sp³-hybridized carbons (Fsp3) is 1.00. The monoisotopic (exact) mass is 187 g/mol. The summed E-state index contributed by atoms with van der Waals surface area (Å²) in [7, 11) is 0. The quantitative estimate of drug-likeness (QED) is 0.668. The SMILES string of the molecule is CSCC1CCN(C(C)C)CC1. The first-order valence-electron chi connectivity index (χ1n) is 4.97. The van der Waals surface area contributed by atoms with Crippen molar-refractivity contribution in [2.75, 3.05) is 25.1 Å². The topological polar surface area (TPSA) is 3.24 Å². The van der Waals surface area contributed by atoms with E-state index in [1.807, 2.05) is 11.8 Å². The molecule has 0 aromatic rings. The van der Waals surface area contributed by atoms with Gasteiger partial charge in [0.05, 0.1) is 0 Å². The fourth-order valence-corrected chi connectivity index (χ4v) is 2.68. The Morgan fingerprint density at radius 3 is 2.33 bits per heavy atom. The van der Waals surface area contributed by atoms with E-state index in [9.17, 15) is 0 Å². The van der Waals surface area contributed by atoms with Gasteiger partial charge in [-0.3, -0.25) is 0 Å². The van der Waals surface area contributed by atoms with Gasteiger partial charge in [-0.1, -0.05) is 0 Å². The normalized spacial score (nSPS) is 22.0. The highest BCUT2D eigenvalue weighted by Crippen LogP contribution is 2.21. The molecule has 1 rings (SSSR count). The van der Waals surface area contributed by atoms with Gasteiger partial charge >= 0.3 is 0 Å². The summed E-state index contributed by atoms with van der Waals surface area (Å²) >= 11 is 2.00. The van der Waals surface area contributed by atoms with Crippen molar-refractivity contribution in [2.45, 2.75) is 32.7 Å². The predicted molar refractivity (Wildman–Crippen MR) is 57.8 cm³/mol. The lowest BCUT2D eigenvalue weighted by molar-refractivity contribution is 0.157. The van der Waals surface area contributed by atoms with Gasteiger partial charge in [-0.15, -0.1) is 0 Å². The van der Waals surface area contributed by atoms with E-state index in [0.29, 0.717) is 0 Å². The molecule has 0 unspecified atom stereocenters. The molecule has 0 N–H and O–H groups in total. The zero-order chi connectivity index (χ0) is 8.97. The lowest BCUT2D eigenvalue weighted by Gasteiger charge is -2.34. The van der Waals surface area contributed by atoms with Crippen molar-refractivity contribution in [3.05, 3.63) is 0 Å². The summed E-state index contributed by atoms with van der Waals surface area (Å²) in [6, 6.07) is 0.750. The van der Waals surface area contributed by atoms with E-state index in [4.69, 9.17) is 0 Å². The molecule has 72 valence electrons. The Kier molecular flexibility index (Phi) is 4.44. The molecule has 1 nitrogen and oxygen atoms in total. The molecule has 0 saturated carbocycles. The molecule has 0 aromatic heterocycles. The summed E-state index contributed by atoms with van der Waals surface area (Å²) in [5, 5.41) is 0. The van der Waals surface area contributed by atoms with Gasteiger partial charge in [0.15, 0.2) is 0 Å². The maximum Gasteiger partial charge on any atom is 0.00385 e. The van der Waals surface area contributed by atoms with E-state index in [1.54, 1.807) is 0 Å². The van der Waals surface area contributed by atoms with E-state index in [0.717, 1.165) is 12.0 Å². The molecule has 0 bridgehead atoms. The van der Waals surface area contributed by atoms with Crippen LogP contribution in [-0.2, 0) is 0 Å². The zero-order valence-electron chi connectivity index (χ0n) is 8.55. The van der Waals surface area contributed by atoms with Crippen LogP contribution in [0.4, 0.5) is 0 Å². The standard InChI is InChI=1S/C10H21NS/c1-9(2)11-6-4-10(5-7-11)8-12-3/h9-10H,4-8H2,1-3H3. The highest BCUT2D eigenvalue weighted by Gasteiger charge is 2.19. The third kappa shape index (κ3) is 2.98. The molecule has 2 heteroatoms. The van der Waals surface area contributed by atoms with Crippen molar-refractivity contribution < 1.29 is 0 Å². The minimum Gasteiger partial charge on any atom is -0.301 e. The number of thioether (sulfide) groups is 1. The first-order chi connectivity index (χ1) is 5.74. The highest BCUT2D eigenvalue weighted by atomic mass is 32.2. The summed E-state index contributed by atoms with van der Waals surface area (Å²) in [6.45, 7) is 7.25. The van der Waals surface area contributed by atoms with Crippen LogP contribution in [0.5, 0.6) is 0 Å². The average molecular weight is 187 g/mol. The molecule has 12 heavy (non-hydrogen) atoms. The van der Waals surface area contributed by atoms with Gasteiger partial charge in [-0.05, 0) is 57.7 Å². The highest BCUT2D eigenvalue weighted by molar-refractivity contribution is 7.98. The molecule has 1 fully saturated rings. The van der Waals surface area contributed by atoms with Crippen LogP contribution in [0.3, 0.4) is 0 Å². The van der Waals surface area contributed by atoms with Crippen LogP contribution in [0.15, 0.2) is 0 Å². The van der Waals surface area contributed by atoms with E-state index in [1.165, 1.54) is 31.7 Å². The van der Waals surface area contributed by atoms with Crippen LogP contribution < -0.4 is 0 Å². The van der Waals surface area contributed by atoms with E-state index in [2.05, 4.69) is 25.0 Å². The molecule has 1 saturated heterocycles. The van der Waals surface area contributed by atoms with Crippen LogP contribution in [0.1, 0.15) is 26.7 Å². The maximum absolute atomic E-state index is 2.59. The Labute approximate surface area is 80.9 Å². The van der Waals surface area contributed by atoms with Crippen LogP contribution in [-0.4, -0.2) is 36.0 Å². The lowest BCUT2D eigenvalue weighted by Crippen LogP contribution is -2.38. The van der Waals surface area contributed by atoms with Crippen LogP contribution >= 0.6 is 11.8 Å². The molecule has 1 aliphatic heterocycles. The van der Waals surface area contributed by atoms with E-state index < -0.39 is 0 Å². The van der Waals surface area contributed by atoms with Crippen molar-refractivity contribution >= 4 is 11.8 Å². The second kappa shape index (κ2) is 5.13. The molecule has 0 amide bonds. The fourth-order valence-electron chi connectivity index (χ4n) is 1.87. The molecule has 0 aromatic carbocycles. The Bertz CT molecular complexity index is 117. The van der Waals surface area contributed by atoms with Gasteiger partial charge in [0, 0.05) is 6.04 Å². The number of piperidine rings is 1. The zero-order valence-corrected chi connectivity index (χ0v) is 9.36. The van der Waals surface area contributed by atoms with Gasteiger partial charge in [-0.25, -0.2) is 0 Å². The number of likely N-dealkylation sites (tertiary alicyclic amines) is 1. The minimum atomic E-state index is 0.750. The molecular weight excluding hydrogens is 166 g/mol. The number of nitrogens with zero attached hydrogens (tertiary/aromatic N) is 1. The first-order valence-corrected chi connectivity index (χ1v) is 6.36. The van der Waals surface area contributed by atoms with Crippen molar-refractivity contribution in [1.29, 1.82) is 0 Å². The Morgan fingerprint density at radius 1 is 1.33 bits per heavy atom. The summed E-state index contributed by atoms with van der Waals surface area (Å²) in [5.74, 6) is 2.36. The predicted octanol–water partition coefficient (Wildman–Crippen LogP) is 2.47. The maximum atomic E-state index is 2.59. The van der Waals surface area contributed by atoms with E-state index >= 15 is 0 Å². The Balaban J connectivity index is 2.20. The summed E-state index contributed by atoms with van der Waals surface area (Å²) in [6.07, 6.45) is 5.05. The third-order valence-corrected chi connectivity index (χ3v) is 3.59. The summed E-state index contributed by atoms with van der Waals surface area (Å²) < 4.78 is 0. The molecule has 1 aliphatic rings. The number of hydrogen-bond acceptors (Lipinski definition) is 2. The Morgan fingerprint density at radius 2 is 1.92 bits per heavy atom. The summed E-state index contributed by atoms with van der Waals surface area (Å²) in [5.41, 5.74) is 0. The van der Waals surface area contributed by atoms with Gasteiger partial charge in [0.2, 0.25) is 0 Å². The van der Waals surface area contributed by atoms with Crippen molar-refractivity contribution in [3.8, 4) is 0 Å². The molecular formula is C10H21NS. The third-order valence-electron chi connectivity index (χ3n) is 2.78.